The summed E-state index contributed by atoms with van der Waals surface area (Å²) in [7, 11) is 0. The van der Waals surface area contributed by atoms with Crippen molar-refractivity contribution in [1.29, 1.82) is 0 Å². The van der Waals surface area contributed by atoms with Crippen molar-refractivity contribution in [2.45, 2.75) is 26.4 Å². The number of hydrogen-bond acceptors (Lipinski definition) is 7. The fourth-order valence-corrected chi connectivity index (χ4v) is 3.27. The third-order valence-electron chi connectivity index (χ3n) is 4.30. The number of nitrogens with one attached hydrogen (secondary N) is 1. The van der Waals surface area contributed by atoms with Gasteiger partial charge in [-0.2, -0.15) is 0 Å². The SMILES string of the molecule is CC(C)(C)OC(=O)N1CCN(c2nc(Cl)[nH]c3c2cnc2ncnc23)CC1. The minimum Gasteiger partial charge on any atom is -0.444 e. The smallest absolute Gasteiger partial charge is 0.410 e. The summed E-state index contributed by atoms with van der Waals surface area (Å²) in [4.78, 5) is 36.3. The number of imidazole rings is 1. The van der Waals surface area contributed by atoms with Gasteiger partial charge in [-0.15, -0.1) is 0 Å². The van der Waals surface area contributed by atoms with Crippen LogP contribution in [0.15, 0.2) is 12.5 Å². The molecule has 1 N–H and O–H groups in total. The van der Waals surface area contributed by atoms with Crippen molar-refractivity contribution in [3.05, 3.63) is 17.8 Å². The Bertz CT molecular complexity index is 1010. The van der Waals surface area contributed by atoms with Gasteiger partial charge in [-0.3, -0.25) is 0 Å². The van der Waals surface area contributed by atoms with E-state index in [0.717, 1.165) is 16.7 Å². The molecule has 4 heterocycles. The topological polar surface area (TPSA) is 100 Å². The Labute approximate surface area is 160 Å². The van der Waals surface area contributed by atoms with Gasteiger partial charge in [0.1, 0.15) is 23.3 Å². The molecule has 142 valence electrons. The lowest BCUT2D eigenvalue weighted by molar-refractivity contribution is 0.0240. The summed E-state index contributed by atoms with van der Waals surface area (Å²) in [5, 5.41) is 1.08. The average molecular weight is 390 g/mol. The minimum atomic E-state index is -0.508. The molecule has 0 unspecified atom stereocenters. The van der Waals surface area contributed by atoms with Crippen molar-refractivity contribution in [3.63, 3.8) is 0 Å². The molecule has 3 aromatic heterocycles. The molecular formula is C17H20ClN7O2. The van der Waals surface area contributed by atoms with Gasteiger partial charge in [0.2, 0.25) is 5.28 Å². The van der Waals surface area contributed by atoms with Crippen LogP contribution in [0.2, 0.25) is 5.28 Å². The third kappa shape index (κ3) is 3.46. The number of piperazine rings is 1. The van der Waals surface area contributed by atoms with E-state index in [-0.39, 0.29) is 11.4 Å². The molecule has 1 amide bonds. The van der Waals surface area contributed by atoms with Crippen molar-refractivity contribution >= 4 is 45.6 Å². The Balaban J connectivity index is 1.60. The number of nitrogens with zero attached hydrogens (tertiary/aromatic N) is 6. The standard InChI is InChI=1S/C17H20ClN7O2/c1-17(2,3)27-16(26)25-6-4-24(5-7-25)14-10-8-19-13-12(20-9-21-13)11(10)22-15(18)23-14/h8-9H,4-7H2,1-3H3,(H,22,23). The highest BCUT2D eigenvalue weighted by Gasteiger charge is 2.27. The molecule has 0 aliphatic carbocycles. The van der Waals surface area contributed by atoms with Crippen molar-refractivity contribution in [3.8, 4) is 0 Å². The minimum absolute atomic E-state index is 0.266. The van der Waals surface area contributed by atoms with E-state index in [4.69, 9.17) is 16.3 Å². The summed E-state index contributed by atoms with van der Waals surface area (Å²) in [6.45, 7) is 7.90. The van der Waals surface area contributed by atoms with Crippen molar-refractivity contribution in [2.24, 2.45) is 0 Å². The van der Waals surface area contributed by atoms with Crippen LogP contribution in [0, 0.1) is 0 Å². The molecule has 9 nitrogen and oxygen atoms in total. The van der Waals surface area contributed by atoms with Crippen LogP contribution in [0.1, 0.15) is 20.8 Å². The summed E-state index contributed by atoms with van der Waals surface area (Å²) in [6.07, 6.45) is 2.90. The number of amides is 1. The van der Waals surface area contributed by atoms with Crippen LogP contribution < -0.4 is 4.90 Å². The molecule has 1 saturated heterocycles. The lowest BCUT2D eigenvalue weighted by Crippen LogP contribution is -2.50. The van der Waals surface area contributed by atoms with E-state index in [9.17, 15) is 4.79 Å². The van der Waals surface area contributed by atoms with Crippen LogP contribution >= 0.6 is 11.6 Å². The number of carbonyl (C=O) groups excluding carboxylic acids is 1. The molecule has 0 bridgehead atoms. The van der Waals surface area contributed by atoms with Crippen LogP contribution in [0.4, 0.5) is 10.6 Å². The fraction of sp³-hybridized carbons (Fsp3) is 0.471. The molecule has 0 radical (unpaired) electrons. The molecule has 1 aliphatic heterocycles. The molecule has 4 rings (SSSR count). The lowest BCUT2D eigenvalue weighted by atomic mass is 10.2. The second-order valence-electron chi connectivity index (χ2n) is 7.40. The van der Waals surface area contributed by atoms with E-state index in [1.807, 2.05) is 20.8 Å². The van der Waals surface area contributed by atoms with Gasteiger partial charge in [-0.05, 0) is 32.4 Å². The van der Waals surface area contributed by atoms with Crippen LogP contribution in [-0.4, -0.2) is 67.7 Å². The summed E-state index contributed by atoms with van der Waals surface area (Å²) in [5.74, 6) is 0.718. The third-order valence-corrected chi connectivity index (χ3v) is 4.48. The molecule has 3 aromatic rings. The van der Waals surface area contributed by atoms with E-state index in [1.54, 1.807) is 11.1 Å². The molecule has 0 aromatic carbocycles. The van der Waals surface area contributed by atoms with E-state index < -0.39 is 5.60 Å². The van der Waals surface area contributed by atoms with Gasteiger partial charge >= 0.3 is 6.09 Å². The Morgan fingerprint density at radius 2 is 1.93 bits per heavy atom. The number of aromatic amines is 1. The Hall–Kier alpha value is -2.68. The number of fused-ring (bicyclic) bond motifs is 3. The molecule has 0 spiro atoms. The van der Waals surface area contributed by atoms with E-state index in [1.165, 1.54) is 6.33 Å². The first-order valence-electron chi connectivity index (χ1n) is 8.69. The highest BCUT2D eigenvalue weighted by molar-refractivity contribution is 6.29. The predicted octanol–water partition coefficient (Wildman–Crippen LogP) is 2.61. The monoisotopic (exact) mass is 389 g/mol. The number of hydrogen-bond donors (Lipinski definition) is 1. The zero-order valence-electron chi connectivity index (χ0n) is 15.4. The maximum Gasteiger partial charge on any atom is 0.410 e. The van der Waals surface area contributed by atoms with Gasteiger partial charge in [-0.25, -0.2) is 24.7 Å². The van der Waals surface area contributed by atoms with E-state index >= 15 is 0 Å². The molecule has 0 atom stereocenters. The first-order valence-corrected chi connectivity index (χ1v) is 9.07. The van der Waals surface area contributed by atoms with Gasteiger partial charge in [-0.1, -0.05) is 0 Å². The van der Waals surface area contributed by atoms with Gasteiger partial charge in [0, 0.05) is 32.4 Å². The summed E-state index contributed by atoms with van der Waals surface area (Å²) in [5.41, 5.74) is 1.46. The van der Waals surface area contributed by atoms with Crippen molar-refractivity contribution < 1.29 is 9.53 Å². The molecule has 0 saturated carbocycles. The van der Waals surface area contributed by atoms with Crippen LogP contribution in [0.25, 0.3) is 22.1 Å². The summed E-state index contributed by atoms with van der Waals surface area (Å²) < 4.78 is 5.45. The first kappa shape index (κ1) is 17.7. The molecule has 1 aliphatic rings. The second kappa shape index (κ2) is 6.49. The molecule has 10 heteroatoms. The Kier molecular flexibility index (Phi) is 4.26. The zero-order valence-corrected chi connectivity index (χ0v) is 16.1. The maximum absolute atomic E-state index is 12.3. The lowest BCUT2D eigenvalue weighted by Gasteiger charge is -2.36. The van der Waals surface area contributed by atoms with Crippen LogP contribution in [0.3, 0.4) is 0 Å². The molecule has 1 fully saturated rings. The molecule has 27 heavy (non-hydrogen) atoms. The molecular weight excluding hydrogens is 370 g/mol. The van der Waals surface area contributed by atoms with Gasteiger partial charge in [0.05, 0.1) is 10.9 Å². The Morgan fingerprint density at radius 3 is 2.63 bits per heavy atom. The van der Waals surface area contributed by atoms with Gasteiger partial charge in [0.15, 0.2) is 5.65 Å². The first-order chi connectivity index (χ1) is 12.8. The number of rotatable bonds is 1. The number of ether oxygens (including phenoxy) is 1. The zero-order chi connectivity index (χ0) is 19.2. The predicted molar refractivity (Wildman–Crippen MR) is 102 cm³/mol. The fourth-order valence-electron chi connectivity index (χ4n) is 3.10. The summed E-state index contributed by atoms with van der Waals surface area (Å²) >= 11 is 6.22. The second-order valence-corrected chi connectivity index (χ2v) is 7.76. The highest BCUT2D eigenvalue weighted by atomic mass is 35.5. The quantitative estimate of drug-likeness (QED) is 0.638. The number of H-pyrrole nitrogens is 1. The van der Waals surface area contributed by atoms with Gasteiger partial charge < -0.3 is 19.5 Å². The number of anilines is 1. The van der Waals surface area contributed by atoms with E-state index in [2.05, 4.69) is 29.8 Å². The largest absolute Gasteiger partial charge is 0.444 e. The Morgan fingerprint density at radius 1 is 1.19 bits per heavy atom. The summed E-state index contributed by atoms with van der Waals surface area (Å²) in [6, 6.07) is 0. The van der Waals surface area contributed by atoms with Crippen molar-refractivity contribution in [2.75, 3.05) is 31.1 Å². The normalized spacial score (nSPS) is 15.6. The maximum atomic E-state index is 12.3. The van der Waals surface area contributed by atoms with Gasteiger partial charge in [0.25, 0.3) is 0 Å². The number of aromatic nitrogens is 5. The number of halogens is 1. The number of carbonyl (C=O) groups is 1. The average Bonchev–Trinajstić information content (AvgIpc) is 3.09. The van der Waals surface area contributed by atoms with E-state index in [0.29, 0.717) is 37.3 Å². The van der Waals surface area contributed by atoms with Crippen LogP contribution in [-0.2, 0) is 4.74 Å². The van der Waals surface area contributed by atoms with Crippen molar-refractivity contribution in [1.82, 2.24) is 29.8 Å². The number of pyridine rings is 1. The van der Waals surface area contributed by atoms with Crippen LogP contribution in [0.5, 0.6) is 0 Å². The highest BCUT2D eigenvalue weighted by Crippen LogP contribution is 2.29.